The number of halogens is 2. The molecule has 3 fully saturated rings. The van der Waals surface area contributed by atoms with E-state index >= 15 is 0 Å². The maximum atomic E-state index is 6.19. The van der Waals surface area contributed by atoms with Crippen LogP contribution < -0.4 is 9.80 Å². The molecule has 3 saturated carbocycles. The Morgan fingerprint density at radius 3 is 1.20 bits per heavy atom. The molecule has 0 spiro atoms. The topological polar surface area (TPSA) is 6.48 Å². The van der Waals surface area contributed by atoms with Crippen LogP contribution in [-0.2, 0) is 13.5 Å². The van der Waals surface area contributed by atoms with Gasteiger partial charge in [-0.3, -0.25) is 0 Å². The molecule has 0 atom stereocenters. The third-order valence-corrected chi connectivity index (χ3v) is 21.9. The summed E-state index contributed by atoms with van der Waals surface area (Å²) < 4.78 is 1.12. The van der Waals surface area contributed by atoms with E-state index in [2.05, 4.69) is 157 Å². The standard InChI is InChI=1S/C27H36N2.C18H33P.C15H10.2ClH.Ru/c1-18(2)22-11-9-12-23(19(3)4)26(22)28-15-16-29(17-28)27-24(20(5)6)13-10-14-25(27)21(7)8;1-4-10-16(11-5-1)19(17-12-6-2-7-13-17)18-14-8-3-9-15-18;1-2-6-12(7-3-1)15-11-10-13-8-4-5-9-14(13)15;;;/h9-16,18-21H,1-8H3;16-18H,1-15H2;1-9,11H;2*1H;/q;;;;;+2/p-2. The number of rotatable bonds is 10. The van der Waals surface area contributed by atoms with Gasteiger partial charge in [-0.1, -0.05) is 157 Å². The van der Waals surface area contributed by atoms with E-state index in [9.17, 15) is 0 Å². The van der Waals surface area contributed by atoms with Gasteiger partial charge in [0.1, 0.15) is 0 Å². The monoisotopic (exact) mass is 1030 g/mol. The Morgan fingerprint density at radius 2 is 0.833 bits per heavy atom. The molecule has 0 saturated heterocycles. The number of fused-ring (bicyclic) bond motifs is 1. The Morgan fingerprint density at radius 1 is 0.470 bits per heavy atom. The number of hydrogen-bond acceptors (Lipinski definition) is 2. The van der Waals surface area contributed by atoms with E-state index in [1.807, 2.05) is 24.3 Å². The molecule has 66 heavy (non-hydrogen) atoms. The molecule has 1 heterocycles. The summed E-state index contributed by atoms with van der Waals surface area (Å²) in [5.41, 5.74) is 16.5. The summed E-state index contributed by atoms with van der Waals surface area (Å²) >= 11 is -1.88. The maximum absolute atomic E-state index is 6.19. The molecule has 356 valence electrons. The Bertz CT molecular complexity index is 2090. The van der Waals surface area contributed by atoms with Crippen molar-refractivity contribution in [2.45, 2.75) is 192 Å². The minimum absolute atomic E-state index is 0.385. The van der Waals surface area contributed by atoms with Crippen molar-refractivity contribution in [1.82, 2.24) is 0 Å². The normalized spacial score (nSPS) is 18.5. The number of hydrogen-bond donors (Lipinski definition) is 0. The van der Waals surface area contributed by atoms with Gasteiger partial charge in [0, 0.05) is 12.4 Å². The van der Waals surface area contributed by atoms with Crippen molar-refractivity contribution >= 4 is 48.4 Å². The zero-order valence-electron chi connectivity index (χ0n) is 41.5. The van der Waals surface area contributed by atoms with Crippen molar-refractivity contribution in [3.63, 3.8) is 0 Å². The SMILES string of the molecule is C1CCC(P(C2CCCCC2)C2CCCCC2)CC1.CC(C)c1cccc(C(C)C)c1N1[C]N(c2c(C(C)C)cccc2C(C)C)C=C1.[Cl][Ru]([Cl])=[C]1C=C(c2ccccc2)c2ccccc21. The molecule has 6 heteroatoms. The molecule has 9 rings (SSSR count). The number of para-hydroxylation sites is 2. The summed E-state index contributed by atoms with van der Waals surface area (Å²) in [6.07, 6.45) is 30.1. The van der Waals surface area contributed by atoms with Gasteiger partial charge in [0.15, 0.2) is 0 Å². The Balaban J connectivity index is 0.000000153. The van der Waals surface area contributed by atoms with Crippen molar-refractivity contribution in [2.24, 2.45) is 0 Å². The van der Waals surface area contributed by atoms with Gasteiger partial charge in [0.25, 0.3) is 0 Å². The molecule has 0 N–H and O–H groups in total. The van der Waals surface area contributed by atoms with E-state index in [0.29, 0.717) is 31.6 Å². The fourth-order valence-electron chi connectivity index (χ4n) is 11.3. The van der Waals surface area contributed by atoms with Gasteiger partial charge in [0.2, 0.25) is 6.67 Å². The molecule has 4 aliphatic carbocycles. The van der Waals surface area contributed by atoms with Gasteiger partial charge in [-0.25, -0.2) is 0 Å². The Kier molecular flexibility index (Phi) is 19.3. The summed E-state index contributed by atoms with van der Waals surface area (Å²) in [6, 6.07) is 32.1. The minimum atomic E-state index is -1.88. The van der Waals surface area contributed by atoms with E-state index in [0.717, 1.165) is 4.11 Å². The first kappa shape index (κ1) is 51.3. The fourth-order valence-corrected chi connectivity index (χ4v) is 18.5. The molecule has 0 aromatic heterocycles. The van der Waals surface area contributed by atoms with E-state index < -0.39 is 13.5 Å². The van der Waals surface area contributed by atoms with Crippen LogP contribution in [0.5, 0.6) is 0 Å². The van der Waals surface area contributed by atoms with Crippen molar-refractivity contribution < 1.29 is 13.5 Å². The van der Waals surface area contributed by atoms with Crippen LogP contribution in [0, 0.1) is 6.67 Å². The van der Waals surface area contributed by atoms with Crippen LogP contribution in [0.15, 0.2) is 109 Å². The fraction of sp³-hybridized carbons (Fsp3) is 0.500. The second kappa shape index (κ2) is 24.8. The van der Waals surface area contributed by atoms with Crippen molar-refractivity contribution in [3.8, 4) is 0 Å². The van der Waals surface area contributed by atoms with Crippen LogP contribution in [0.2, 0.25) is 0 Å². The van der Waals surface area contributed by atoms with Crippen LogP contribution >= 0.6 is 27.3 Å². The molecular formula is C60H79Cl2N2PRu. The van der Waals surface area contributed by atoms with Crippen LogP contribution in [0.3, 0.4) is 0 Å². The first-order chi connectivity index (χ1) is 31.9. The average molecular weight is 1030 g/mol. The predicted molar refractivity (Wildman–Crippen MR) is 290 cm³/mol. The second-order valence-corrected chi connectivity index (χ2v) is 29.5. The molecule has 2 radical (unpaired) electrons. The third-order valence-electron chi connectivity index (χ3n) is 14.7. The summed E-state index contributed by atoms with van der Waals surface area (Å²) in [5.74, 6) is 1.84. The van der Waals surface area contributed by atoms with Gasteiger partial charge in [-0.05, 0) is 101 Å². The first-order valence-electron chi connectivity index (χ1n) is 25.7. The second-order valence-electron chi connectivity index (χ2n) is 20.6. The third kappa shape index (κ3) is 12.6. The average Bonchev–Trinajstić information content (AvgIpc) is 3.99. The molecule has 0 bridgehead atoms. The summed E-state index contributed by atoms with van der Waals surface area (Å²) in [6.45, 7) is 21.8. The number of nitrogens with zero attached hydrogens (tertiary/aromatic N) is 2. The van der Waals surface area contributed by atoms with Crippen molar-refractivity contribution in [2.75, 3.05) is 9.80 Å². The van der Waals surface area contributed by atoms with Gasteiger partial charge in [-0.2, -0.15) is 0 Å². The molecule has 0 unspecified atom stereocenters. The summed E-state index contributed by atoms with van der Waals surface area (Å²) in [4.78, 5) is 4.40. The Hall–Kier alpha value is -2.54. The molecule has 2 nitrogen and oxygen atoms in total. The van der Waals surface area contributed by atoms with Gasteiger partial charge < -0.3 is 9.80 Å². The quantitative estimate of drug-likeness (QED) is 0.115. The summed E-state index contributed by atoms with van der Waals surface area (Å²) in [5, 5.41) is 0. The molecule has 4 aromatic rings. The van der Waals surface area contributed by atoms with E-state index in [1.165, 1.54) is 92.1 Å². The van der Waals surface area contributed by atoms with E-state index in [4.69, 9.17) is 19.4 Å². The van der Waals surface area contributed by atoms with Crippen molar-refractivity contribution in [1.29, 1.82) is 0 Å². The zero-order chi connectivity index (χ0) is 46.7. The Labute approximate surface area is 416 Å². The van der Waals surface area contributed by atoms with Crippen LogP contribution in [0.1, 0.15) is 214 Å². The zero-order valence-corrected chi connectivity index (χ0v) is 45.6. The molecular weight excluding hydrogens is 952 g/mol. The van der Waals surface area contributed by atoms with E-state index in [-0.39, 0.29) is 0 Å². The molecule has 5 aliphatic rings. The number of allylic oxidation sites excluding steroid dienone is 1. The summed E-state index contributed by atoms with van der Waals surface area (Å²) in [7, 11) is 12.8. The predicted octanol–water partition coefficient (Wildman–Crippen LogP) is 19.0. The van der Waals surface area contributed by atoms with Gasteiger partial charge in [-0.15, -0.1) is 0 Å². The molecule has 1 aliphatic heterocycles. The van der Waals surface area contributed by atoms with E-state index in [1.54, 1.807) is 77.0 Å². The number of benzene rings is 4. The molecule has 4 aromatic carbocycles. The molecule has 0 amide bonds. The van der Waals surface area contributed by atoms with Crippen LogP contribution in [0.4, 0.5) is 11.4 Å². The van der Waals surface area contributed by atoms with Gasteiger partial charge >= 0.3 is 120 Å². The van der Waals surface area contributed by atoms with Crippen molar-refractivity contribution in [3.05, 3.63) is 155 Å². The number of anilines is 2. The van der Waals surface area contributed by atoms with Crippen LogP contribution in [-0.4, -0.2) is 21.1 Å². The van der Waals surface area contributed by atoms with Gasteiger partial charge in [0.05, 0.1) is 11.4 Å². The first-order valence-corrected chi connectivity index (χ1v) is 32.6. The van der Waals surface area contributed by atoms with Crippen LogP contribution in [0.25, 0.3) is 5.57 Å².